The van der Waals surface area contributed by atoms with Crippen LogP contribution < -0.4 is 10.9 Å². The molecule has 7 heteroatoms. The van der Waals surface area contributed by atoms with Crippen molar-refractivity contribution in [2.45, 2.75) is 57.5 Å². The summed E-state index contributed by atoms with van der Waals surface area (Å²) in [4.78, 5) is 45.0. The molecule has 0 radical (unpaired) electrons. The standard InChI is InChI=1S/C27H30N4O3/c32-25(28-18-19-7-6-8-20(17-19)26(33)30-15-4-1-5-16-30)14-13-24-29-23-10-3-2-9-22(23)27(34)31(24)21-11-12-21/h2-3,6-10,17,21H,1,4-5,11-16,18H2,(H,28,32). The Hall–Kier alpha value is -3.48. The first-order valence-electron chi connectivity index (χ1n) is 12.3. The molecule has 2 fully saturated rings. The van der Waals surface area contributed by atoms with Crippen LogP contribution in [0.3, 0.4) is 0 Å². The molecule has 1 N–H and O–H groups in total. The molecule has 0 spiro atoms. The number of amides is 2. The second kappa shape index (κ2) is 9.79. The number of para-hydroxylation sites is 1. The van der Waals surface area contributed by atoms with E-state index in [2.05, 4.69) is 5.32 Å². The molecule has 0 bridgehead atoms. The van der Waals surface area contributed by atoms with Crippen LogP contribution in [0, 0.1) is 0 Å². The molecule has 1 aromatic heterocycles. The van der Waals surface area contributed by atoms with Gasteiger partial charge in [-0.3, -0.25) is 19.0 Å². The van der Waals surface area contributed by atoms with E-state index < -0.39 is 0 Å². The Balaban J connectivity index is 1.21. The maximum atomic E-state index is 13.0. The molecule has 34 heavy (non-hydrogen) atoms. The number of piperidine rings is 1. The van der Waals surface area contributed by atoms with Gasteiger partial charge in [0.15, 0.2) is 0 Å². The van der Waals surface area contributed by atoms with Crippen LogP contribution in [0.15, 0.2) is 53.3 Å². The summed E-state index contributed by atoms with van der Waals surface area (Å²) in [6.07, 6.45) is 5.92. The van der Waals surface area contributed by atoms with Gasteiger partial charge in [0.05, 0.1) is 10.9 Å². The Morgan fingerprint density at radius 1 is 1.00 bits per heavy atom. The molecule has 2 aromatic carbocycles. The highest BCUT2D eigenvalue weighted by molar-refractivity contribution is 5.94. The lowest BCUT2D eigenvalue weighted by Gasteiger charge is -2.26. The molecule has 0 atom stereocenters. The molecule has 2 amide bonds. The predicted octanol–water partition coefficient (Wildman–Crippen LogP) is 3.61. The fraction of sp³-hybridized carbons (Fsp3) is 0.407. The van der Waals surface area contributed by atoms with Crippen molar-refractivity contribution in [1.82, 2.24) is 19.8 Å². The second-order valence-electron chi connectivity index (χ2n) is 9.28. The van der Waals surface area contributed by atoms with Crippen LogP contribution >= 0.6 is 0 Å². The number of likely N-dealkylation sites (tertiary alicyclic amines) is 1. The number of aromatic nitrogens is 2. The van der Waals surface area contributed by atoms with Crippen molar-refractivity contribution in [1.29, 1.82) is 0 Å². The van der Waals surface area contributed by atoms with Crippen molar-refractivity contribution >= 4 is 22.7 Å². The SMILES string of the molecule is O=C(CCc1nc2ccccc2c(=O)n1C1CC1)NCc1cccc(C(=O)N2CCCCC2)c1. The first-order valence-corrected chi connectivity index (χ1v) is 12.3. The Morgan fingerprint density at radius 3 is 2.59 bits per heavy atom. The first-order chi connectivity index (χ1) is 16.6. The molecule has 1 saturated heterocycles. The number of nitrogens with zero attached hydrogens (tertiary/aromatic N) is 3. The Labute approximate surface area is 198 Å². The van der Waals surface area contributed by atoms with E-state index in [4.69, 9.17) is 4.98 Å². The number of rotatable bonds is 7. The number of benzene rings is 2. The number of aryl methyl sites for hydroxylation is 1. The van der Waals surface area contributed by atoms with Crippen molar-refractivity contribution in [3.63, 3.8) is 0 Å². The molecule has 176 valence electrons. The Kier molecular flexibility index (Phi) is 6.43. The molecule has 5 rings (SSSR count). The van der Waals surface area contributed by atoms with E-state index in [9.17, 15) is 14.4 Å². The lowest BCUT2D eigenvalue weighted by Crippen LogP contribution is -2.35. The summed E-state index contributed by atoms with van der Waals surface area (Å²) in [6, 6.07) is 15.1. The zero-order valence-electron chi connectivity index (χ0n) is 19.3. The summed E-state index contributed by atoms with van der Waals surface area (Å²) in [5.41, 5.74) is 2.23. The molecular formula is C27H30N4O3. The van der Waals surface area contributed by atoms with Crippen LogP contribution in [0.1, 0.15) is 66.3 Å². The maximum absolute atomic E-state index is 13.0. The number of fused-ring (bicyclic) bond motifs is 1. The molecule has 2 heterocycles. The van der Waals surface area contributed by atoms with Crippen molar-refractivity contribution in [3.8, 4) is 0 Å². The van der Waals surface area contributed by atoms with Gasteiger partial charge in [0.1, 0.15) is 5.82 Å². The minimum atomic E-state index is -0.0995. The fourth-order valence-electron chi connectivity index (χ4n) is 4.69. The smallest absolute Gasteiger partial charge is 0.261 e. The summed E-state index contributed by atoms with van der Waals surface area (Å²) < 4.78 is 1.78. The van der Waals surface area contributed by atoms with E-state index in [-0.39, 0.29) is 29.8 Å². The summed E-state index contributed by atoms with van der Waals surface area (Å²) in [6.45, 7) is 1.99. The summed E-state index contributed by atoms with van der Waals surface area (Å²) in [5, 5.41) is 3.58. The first kappa shape index (κ1) is 22.3. The van der Waals surface area contributed by atoms with Gasteiger partial charge in [0.2, 0.25) is 5.91 Å². The maximum Gasteiger partial charge on any atom is 0.261 e. The third-order valence-corrected chi connectivity index (χ3v) is 6.68. The van der Waals surface area contributed by atoms with Crippen molar-refractivity contribution in [2.24, 2.45) is 0 Å². The van der Waals surface area contributed by atoms with Crippen LogP contribution in [0.5, 0.6) is 0 Å². The molecule has 0 unspecified atom stereocenters. The number of hydrogen-bond donors (Lipinski definition) is 1. The van der Waals surface area contributed by atoms with Gasteiger partial charge >= 0.3 is 0 Å². The molecule has 7 nitrogen and oxygen atoms in total. The largest absolute Gasteiger partial charge is 0.352 e. The van der Waals surface area contributed by atoms with E-state index in [1.165, 1.54) is 6.42 Å². The number of hydrogen-bond acceptors (Lipinski definition) is 4. The third kappa shape index (κ3) is 4.88. The zero-order chi connectivity index (χ0) is 23.5. The second-order valence-corrected chi connectivity index (χ2v) is 9.28. The number of carbonyl (C=O) groups excluding carboxylic acids is 2. The fourth-order valence-corrected chi connectivity index (χ4v) is 4.69. The number of carbonyl (C=O) groups is 2. The van der Waals surface area contributed by atoms with Gasteiger partial charge in [0, 0.05) is 44.1 Å². The van der Waals surface area contributed by atoms with Crippen molar-refractivity contribution in [2.75, 3.05) is 13.1 Å². The monoisotopic (exact) mass is 458 g/mol. The minimum absolute atomic E-state index is 0.0151. The van der Waals surface area contributed by atoms with Crippen LogP contribution in [0.4, 0.5) is 0 Å². The normalized spacial score (nSPS) is 15.9. The van der Waals surface area contributed by atoms with E-state index in [1.54, 1.807) is 4.57 Å². The van der Waals surface area contributed by atoms with Crippen molar-refractivity contribution in [3.05, 3.63) is 75.8 Å². The van der Waals surface area contributed by atoms with Gasteiger partial charge in [-0.25, -0.2) is 4.98 Å². The molecular weight excluding hydrogens is 428 g/mol. The number of nitrogens with one attached hydrogen (secondary N) is 1. The molecule has 1 saturated carbocycles. The van der Waals surface area contributed by atoms with Gasteiger partial charge in [-0.05, 0) is 61.9 Å². The molecule has 3 aromatic rings. The highest BCUT2D eigenvalue weighted by Crippen LogP contribution is 2.34. The third-order valence-electron chi connectivity index (χ3n) is 6.68. The highest BCUT2D eigenvalue weighted by atomic mass is 16.2. The molecule has 1 aliphatic heterocycles. The average Bonchev–Trinajstić information content (AvgIpc) is 3.72. The summed E-state index contributed by atoms with van der Waals surface area (Å²) in [7, 11) is 0. The van der Waals surface area contributed by atoms with Crippen LogP contribution in [-0.2, 0) is 17.8 Å². The van der Waals surface area contributed by atoms with Crippen LogP contribution in [-0.4, -0.2) is 39.4 Å². The molecule has 1 aliphatic carbocycles. The average molecular weight is 459 g/mol. The quantitative estimate of drug-likeness (QED) is 0.586. The van der Waals surface area contributed by atoms with Gasteiger partial charge in [-0.2, -0.15) is 0 Å². The van der Waals surface area contributed by atoms with E-state index in [1.807, 2.05) is 53.4 Å². The Morgan fingerprint density at radius 2 is 1.79 bits per heavy atom. The van der Waals surface area contributed by atoms with Crippen molar-refractivity contribution < 1.29 is 9.59 Å². The van der Waals surface area contributed by atoms with Crippen LogP contribution in [0.2, 0.25) is 0 Å². The minimum Gasteiger partial charge on any atom is -0.352 e. The Bertz CT molecular complexity index is 1270. The topological polar surface area (TPSA) is 84.3 Å². The lowest BCUT2D eigenvalue weighted by atomic mass is 10.1. The lowest BCUT2D eigenvalue weighted by molar-refractivity contribution is -0.121. The van der Waals surface area contributed by atoms with E-state index in [0.29, 0.717) is 35.3 Å². The van der Waals surface area contributed by atoms with E-state index in [0.717, 1.165) is 44.3 Å². The van der Waals surface area contributed by atoms with E-state index >= 15 is 0 Å². The van der Waals surface area contributed by atoms with Gasteiger partial charge in [-0.1, -0.05) is 24.3 Å². The van der Waals surface area contributed by atoms with Crippen LogP contribution in [0.25, 0.3) is 10.9 Å². The summed E-state index contributed by atoms with van der Waals surface area (Å²) >= 11 is 0. The molecule has 2 aliphatic rings. The van der Waals surface area contributed by atoms with Gasteiger partial charge < -0.3 is 10.2 Å². The van der Waals surface area contributed by atoms with Gasteiger partial charge in [0.25, 0.3) is 11.5 Å². The summed E-state index contributed by atoms with van der Waals surface area (Å²) in [5.74, 6) is 0.640. The predicted molar refractivity (Wildman–Crippen MR) is 131 cm³/mol. The zero-order valence-corrected chi connectivity index (χ0v) is 19.3. The van der Waals surface area contributed by atoms with Gasteiger partial charge in [-0.15, -0.1) is 0 Å². The highest BCUT2D eigenvalue weighted by Gasteiger charge is 2.28.